The summed E-state index contributed by atoms with van der Waals surface area (Å²) in [6, 6.07) is 1.28. The normalized spacial score (nSPS) is 11.1. The Balaban J connectivity index is 3.76. The molecular weight excluding hydrogens is 308 g/mol. The van der Waals surface area contributed by atoms with Gasteiger partial charge in [-0.2, -0.15) is 0 Å². The first-order chi connectivity index (χ1) is 9.09. The molecule has 0 atom stereocenters. The molecular formula is C12H13ClO6S. The van der Waals surface area contributed by atoms with E-state index in [0.29, 0.717) is 0 Å². The van der Waals surface area contributed by atoms with Crippen molar-refractivity contribution >= 4 is 33.4 Å². The summed E-state index contributed by atoms with van der Waals surface area (Å²) in [5, 5.41) is -0.280. The minimum absolute atomic E-state index is 0.0738. The number of hydrogen-bond donors (Lipinski definition) is 0. The van der Waals surface area contributed by atoms with Gasteiger partial charge in [0.2, 0.25) is 0 Å². The zero-order chi connectivity index (χ0) is 15.7. The van der Waals surface area contributed by atoms with Crippen molar-refractivity contribution in [3.05, 3.63) is 22.2 Å². The summed E-state index contributed by atoms with van der Waals surface area (Å²) in [6.45, 7) is 2.56. The highest BCUT2D eigenvalue weighted by atomic mass is 35.5. The fourth-order valence-electron chi connectivity index (χ4n) is 1.70. The van der Waals surface area contributed by atoms with Gasteiger partial charge in [-0.15, -0.1) is 0 Å². The average molecular weight is 321 g/mol. The van der Waals surface area contributed by atoms with Crippen LogP contribution in [0.15, 0.2) is 11.0 Å². The molecule has 1 aromatic rings. The number of ether oxygens (including phenoxy) is 2. The summed E-state index contributed by atoms with van der Waals surface area (Å²) in [5.74, 6) is -1.87. The fraction of sp³-hybridized carbons (Fsp3) is 0.333. The Bertz CT molecular complexity index is 678. The van der Waals surface area contributed by atoms with Gasteiger partial charge in [-0.25, -0.2) is 13.2 Å². The average Bonchev–Trinajstić information content (AvgIpc) is 2.30. The lowest BCUT2D eigenvalue weighted by molar-refractivity contribution is -0.132. The van der Waals surface area contributed by atoms with Crippen LogP contribution in [0.1, 0.15) is 22.8 Å². The Hall–Kier alpha value is -1.60. The van der Waals surface area contributed by atoms with Crippen LogP contribution >= 0.6 is 11.6 Å². The van der Waals surface area contributed by atoms with E-state index in [1.807, 2.05) is 0 Å². The van der Waals surface area contributed by atoms with E-state index in [-0.39, 0.29) is 26.8 Å². The van der Waals surface area contributed by atoms with Crippen molar-refractivity contribution in [3.63, 3.8) is 0 Å². The molecule has 1 aromatic carbocycles. The molecule has 0 radical (unpaired) electrons. The van der Waals surface area contributed by atoms with Gasteiger partial charge in [-0.3, -0.25) is 4.79 Å². The molecule has 20 heavy (non-hydrogen) atoms. The number of esters is 2. The molecule has 0 aliphatic rings. The van der Waals surface area contributed by atoms with Gasteiger partial charge in [-0.05, 0) is 18.6 Å². The fourth-order valence-corrected chi connectivity index (χ4v) is 3.15. The predicted octanol–water partition coefficient (Wildman–Crippen LogP) is 1.76. The van der Waals surface area contributed by atoms with Crippen LogP contribution in [-0.2, 0) is 19.4 Å². The van der Waals surface area contributed by atoms with Gasteiger partial charge in [0.25, 0.3) is 0 Å². The van der Waals surface area contributed by atoms with Crippen molar-refractivity contribution in [3.8, 4) is 5.75 Å². The van der Waals surface area contributed by atoms with Gasteiger partial charge >= 0.3 is 11.9 Å². The van der Waals surface area contributed by atoms with Crippen LogP contribution in [0.3, 0.4) is 0 Å². The van der Waals surface area contributed by atoms with Gasteiger partial charge in [0, 0.05) is 13.2 Å². The highest BCUT2D eigenvalue weighted by Crippen LogP contribution is 2.38. The molecule has 0 bridgehead atoms. The number of benzene rings is 1. The molecule has 0 unspecified atom stereocenters. The maximum absolute atomic E-state index is 11.8. The zero-order valence-electron chi connectivity index (χ0n) is 11.3. The van der Waals surface area contributed by atoms with Crippen LogP contribution in [-0.4, -0.2) is 33.7 Å². The molecule has 1 rings (SSSR count). The predicted molar refractivity (Wildman–Crippen MR) is 71.9 cm³/mol. The van der Waals surface area contributed by atoms with E-state index >= 15 is 0 Å². The van der Waals surface area contributed by atoms with Crippen molar-refractivity contribution in [2.45, 2.75) is 18.7 Å². The topological polar surface area (TPSA) is 86.7 Å². The minimum Gasteiger partial charge on any atom is -0.465 e. The highest BCUT2D eigenvalue weighted by Gasteiger charge is 2.27. The standard InChI is InChI=1S/C12H13ClO6S/c1-6-5-8(12(15)18-3)9(13)10(19-7(2)14)11(6)20(4,16)17/h5H,1-4H3. The minimum atomic E-state index is -3.70. The largest absolute Gasteiger partial charge is 0.465 e. The van der Waals surface area contributed by atoms with Crippen LogP contribution in [0.25, 0.3) is 0 Å². The number of aryl methyl sites for hydroxylation is 1. The maximum atomic E-state index is 11.8. The number of halogens is 1. The molecule has 0 fully saturated rings. The third-order valence-corrected chi connectivity index (χ3v) is 4.01. The summed E-state index contributed by atoms with van der Waals surface area (Å²) in [5.41, 5.74) is 0.156. The number of sulfone groups is 1. The van der Waals surface area contributed by atoms with E-state index < -0.39 is 21.8 Å². The summed E-state index contributed by atoms with van der Waals surface area (Å²) in [4.78, 5) is 22.5. The molecule has 6 nitrogen and oxygen atoms in total. The quantitative estimate of drug-likeness (QED) is 0.623. The number of carbonyl (C=O) groups excluding carboxylic acids is 2. The van der Waals surface area contributed by atoms with Crippen molar-refractivity contribution in [2.75, 3.05) is 13.4 Å². The lowest BCUT2D eigenvalue weighted by Gasteiger charge is -2.14. The number of carbonyl (C=O) groups is 2. The summed E-state index contributed by atoms with van der Waals surface area (Å²) in [7, 11) is -2.54. The molecule has 110 valence electrons. The van der Waals surface area contributed by atoms with E-state index in [4.69, 9.17) is 16.3 Å². The summed E-state index contributed by atoms with van der Waals surface area (Å²) in [6.07, 6.45) is 0.955. The van der Waals surface area contributed by atoms with E-state index in [1.165, 1.54) is 13.0 Å². The van der Waals surface area contributed by atoms with Gasteiger partial charge in [-0.1, -0.05) is 11.6 Å². The van der Waals surface area contributed by atoms with Crippen LogP contribution < -0.4 is 4.74 Å². The summed E-state index contributed by atoms with van der Waals surface area (Å²) < 4.78 is 33.0. The third kappa shape index (κ3) is 3.29. The van der Waals surface area contributed by atoms with Gasteiger partial charge in [0.1, 0.15) is 4.90 Å². The molecule has 0 saturated heterocycles. The Labute approximate surface area is 121 Å². The number of hydrogen-bond acceptors (Lipinski definition) is 6. The number of rotatable bonds is 3. The second-order valence-electron chi connectivity index (χ2n) is 4.07. The molecule has 0 aliphatic heterocycles. The lowest BCUT2D eigenvalue weighted by atomic mass is 10.1. The Morgan fingerprint density at radius 2 is 1.85 bits per heavy atom. The summed E-state index contributed by atoms with van der Waals surface area (Å²) >= 11 is 5.97. The second kappa shape index (κ2) is 5.80. The van der Waals surface area contributed by atoms with E-state index in [0.717, 1.165) is 20.3 Å². The van der Waals surface area contributed by atoms with Crippen LogP contribution in [0.4, 0.5) is 0 Å². The lowest BCUT2D eigenvalue weighted by Crippen LogP contribution is -2.12. The molecule has 0 amide bonds. The highest BCUT2D eigenvalue weighted by molar-refractivity contribution is 7.90. The van der Waals surface area contributed by atoms with E-state index in [2.05, 4.69) is 4.74 Å². The molecule has 0 aromatic heterocycles. The van der Waals surface area contributed by atoms with E-state index in [9.17, 15) is 18.0 Å². The zero-order valence-corrected chi connectivity index (χ0v) is 12.9. The molecule has 0 saturated carbocycles. The van der Waals surface area contributed by atoms with Crippen molar-refractivity contribution in [1.82, 2.24) is 0 Å². The van der Waals surface area contributed by atoms with Gasteiger partial charge in [0.15, 0.2) is 15.6 Å². The Kier molecular flexibility index (Phi) is 4.77. The molecule has 0 aliphatic carbocycles. The Morgan fingerprint density at radius 1 is 1.30 bits per heavy atom. The molecule has 0 spiro atoms. The number of methoxy groups -OCH3 is 1. The second-order valence-corrected chi connectivity index (χ2v) is 6.40. The first-order valence-electron chi connectivity index (χ1n) is 5.39. The SMILES string of the molecule is COC(=O)c1cc(C)c(S(C)(=O)=O)c(OC(C)=O)c1Cl. The van der Waals surface area contributed by atoms with Crippen LogP contribution in [0, 0.1) is 6.92 Å². The van der Waals surface area contributed by atoms with Crippen molar-refractivity contribution in [1.29, 1.82) is 0 Å². The molecule has 8 heteroatoms. The third-order valence-electron chi connectivity index (χ3n) is 2.38. The molecule has 0 N–H and O–H groups in total. The van der Waals surface area contributed by atoms with Crippen molar-refractivity contribution < 1.29 is 27.5 Å². The van der Waals surface area contributed by atoms with E-state index in [1.54, 1.807) is 0 Å². The van der Waals surface area contributed by atoms with Crippen LogP contribution in [0.5, 0.6) is 5.75 Å². The van der Waals surface area contributed by atoms with Crippen molar-refractivity contribution in [2.24, 2.45) is 0 Å². The van der Waals surface area contributed by atoms with Gasteiger partial charge < -0.3 is 9.47 Å². The first kappa shape index (κ1) is 16.5. The maximum Gasteiger partial charge on any atom is 0.339 e. The smallest absolute Gasteiger partial charge is 0.339 e. The first-order valence-corrected chi connectivity index (χ1v) is 7.66. The van der Waals surface area contributed by atoms with Crippen LogP contribution in [0.2, 0.25) is 5.02 Å². The Morgan fingerprint density at radius 3 is 2.25 bits per heavy atom. The monoisotopic (exact) mass is 320 g/mol. The molecule has 0 heterocycles. The van der Waals surface area contributed by atoms with Gasteiger partial charge in [0.05, 0.1) is 17.7 Å².